The molecule has 0 spiro atoms. The van der Waals surface area contributed by atoms with Crippen molar-refractivity contribution in [2.45, 2.75) is 18.4 Å². The largest absolute Gasteiger partial charge is 0.466 e. The number of ketones is 1. The van der Waals surface area contributed by atoms with E-state index >= 15 is 0 Å². The quantitative estimate of drug-likeness (QED) is 0.265. The van der Waals surface area contributed by atoms with Crippen LogP contribution in [0.25, 0.3) is 22.3 Å². The Kier molecular flexibility index (Phi) is 6.13. The Bertz CT molecular complexity index is 980. The van der Waals surface area contributed by atoms with Gasteiger partial charge in [0.25, 0.3) is 0 Å². The molecule has 0 amide bonds. The fourth-order valence-corrected chi connectivity index (χ4v) is 3.34. The summed E-state index contributed by atoms with van der Waals surface area (Å²) in [6, 6.07) is 13.7. The Hall–Kier alpha value is -2.80. The van der Waals surface area contributed by atoms with E-state index in [9.17, 15) is 14.0 Å². The maximum Gasteiger partial charge on any atom is 0.313 e. The zero-order valence-electron chi connectivity index (χ0n) is 14.6. The summed E-state index contributed by atoms with van der Waals surface area (Å²) in [6.07, 6.45) is -0.288. The van der Waals surface area contributed by atoms with Crippen LogP contribution in [0.5, 0.6) is 0 Å². The summed E-state index contributed by atoms with van der Waals surface area (Å²) in [4.78, 5) is 32.5. The first-order chi connectivity index (χ1) is 13.1. The van der Waals surface area contributed by atoms with Gasteiger partial charge in [-0.1, -0.05) is 42.1 Å². The van der Waals surface area contributed by atoms with Crippen molar-refractivity contribution in [3.8, 4) is 11.4 Å². The molecule has 5 nitrogen and oxygen atoms in total. The lowest BCUT2D eigenvalue weighted by Crippen LogP contribution is -2.12. The van der Waals surface area contributed by atoms with E-state index in [1.807, 2.05) is 30.3 Å². The number of esters is 1. The van der Waals surface area contributed by atoms with Crippen molar-refractivity contribution in [1.29, 1.82) is 0 Å². The molecule has 0 aliphatic heterocycles. The van der Waals surface area contributed by atoms with Crippen LogP contribution in [0.4, 0.5) is 4.39 Å². The molecule has 0 saturated heterocycles. The number of aromatic nitrogens is 2. The van der Waals surface area contributed by atoms with Crippen LogP contribution in [0.15, 0.2) is 53.6 Å². The molecule has 0 bridgehead atoms. The highest BCUT2D eigenvalue weighted by molar-refractivity contribution is 8.00. The molecular formula is C20H17FN2O3S. The highest BCUT2D eigenvalue weighted by Crippen LogP contribution is 2.29. The van der Waals surface area contributed by atoms with E-state index in [1.54, 1.807) is 13.0 Å². The number of Topliss-reactive ketones (excluding diaryl/α,β-unsaturated/α-hetero) is 1. The van der Waals surface area contributed by atoms with Crippen molar-refractivity contribution >= 4 is 34.4 Å². The third-order valence-corrected chi connectivity index (χ3v) is 4.72. The predicted molar refractivity (Wildman–Crippen MR) is 102 cm³/mol. The summed E-state index contributed by atoms with van der Waals surface area (Å²) in [6.45, 7) is 1.92. The Balaban J connectivity index is 1.89. The molecule has 0 unspecified atom stereocenters. The lowest BCUT2D eigenvalue weighted by Gasteiger charge is -2.09. The van der Waals surface area contributed by atoms with Crippen molar-refractivity contribution in [3.05, 3.63) is 54.3 Å². The van der Waals surface area contributed by atoms with Crippen molar-refractivity contribution < 1.29 is 18.7 Å². The van der Waals surface area contributed by atoms with Gasteiger partial charge in [0.05, 0.1) is 17.9 Å². The van der Waals surface area contributed by atoms with Crippen molar-refractivity contribution in [2.24, 2.45) is 0 Å². The van der Waals surface area contributed by atoms with Gasteiger partial charge in [0, 0.05) is 10.9 Å². The van der Waals surface area contributed by atoms with Gasteiger partial charge in [0.1, 0.15) is 17.3 Å². The molecule has 7 heteroatoms. The summed E-state index contributed by atoms with van der Waals surface area (Å²) < 4.78 is 18.5. The Labute approximate surface area is 160 Å². The average Bonchev–Trinajstić information content (AvgIpc) is 2.67. The monoisotopic (exact) mass is 384 g/mol. The molecule has 0 aliphatic carbocycles. The molecule has 0 atom stereocenters. The fourth-order valence-electron chi connectivity index (χ4n) is 2.47. The SMILES string of the molecule is CCOC(=O)CC(=O)CSc1nc(-c2ccccc2)nc2ccc(F)cc12. The van der Waals surface area contributed by atoms with Crippen LogP contribution in [0, 0.1) is 5.82 Å². The summed E-state index contributed by atoms with van der Waals surface area (Å²) in [5.41, 5.74) is 1.41. The van der Waals surface area contributed by atoms with Gasteiger partial charge in [-0.2, -0.15) is 0 Å². The molecule has 3 rings (SSSR count). The molecule has 2 aromatic carbocycles. The van der Waals surface area contributed by atoms with Gasteiger partial charge < -0.3 is 4.74 Å². The number of hydrogen-bond acceptors (Lipinski definition) is 6. The minimum absolute atomic E-state index is 0.0374. The summed E-state index contributed by atoms with van der Waals surface area (Å²) >= 11 is 1.16. The summed E-state index contributed by atoms with van der Waals surface area (Å²) in [5, 5.41) is 1.03. The highest BCUT2D eigenvalue weighted by Gasteiger charge is 2.15. The Morgan fingerprint density at radius 2 is 1.89 bits per heavy atom. The van der Waals surface area contributed by atoms with Gasteiger partial charge in [0.2, 0.25) is 0 Å². The minimum Gasteiger partial charge on any atom is -0.466 e. The van der Waals surface area contributed by atoms with Gasteiger partial charge in [0.15, 0.2) is 11.6 Å². The van der Waals surface area contributed by atoms with E-state index < -0.39 is 11.8 Å². The van der Waals surface area contributed by atoms with Crippen LogP contribution < -0.4 is 0 Å². The second-order valence-corrected chi connectivity index (χ2v) is 6.65. The fraction of sp³-hybridized carbons (Fsp3) is 0.200. The molecule has 138 valence electrons. The first-order valence-corrected chi connectivity index (χ1v) is 9.38. The number of fused-ring (bicyclic) bond motifs is 1. The number of carbonyl (C=O) groups excluding carboxylic acids is 2. The first kappa shape index (κ1) is 19.0. The van der Waals surface area contributed by atoms with E-state index in [4.69, 9.17) is 4.74 Å². The van der Waals surface area contributed by atoms with Gasteiger partial charge in [-0.3, -0.25) is 9.59 Å². The van der Waals surface area contributed by atoms with Crippen LogP contribution in [0.1, 0.15) is 13.3 Å². The minimum atomic E-state index is -0.549. The molecule has 3 aromatic rings. The number of hydrogen-bond donors (Lipinski definition) is 0. The number of thioether (sulfide) groups is 1. The smallest absolute Gasteiger partial charge is 0.313 e. The standard InChI is InChI=1S/C20H17FN2O3S/c1-2-26-18(25)11-15(24)12-27-20-16-10-14(21)8-9-17(16)22-19(23-20)13-6-4-3-5-7-13/h3-10H,2,11-12H2,1H3. The zero-order valence-corrected chi connectivity index (χ0v) is 15.5. The maximum absolute atomic E-state index is 13.7. The number of nitrogens with zero attached hydrogens (tertiary/aromatic N) is 2. The highest BCUT2D eigenvalue weighted by atomic mass is 32.2. The predicted octanol–water partition coefficient (Wildman–Crippen LogP) is 4.05. The molecule has 1 heterocycles. The Morgan fingerprint density at radius 1 is 1.11 bits per heavy atom. The maximum atomic E-state index is 13.7. The molecule has 1 aromatic heterocycles. The topological polar surface area (TPSA) is 69.2 Å². The molecule has 0 saturated carbocycles. The van der Waals surface area contributed by atoms with Crippen LogP contribution in [-0.2, 0) is 14.3 Å². The third-order valence-electron chi connectivity index (χ3n) is 3.67. The molecule has 0 radical (unpaired) electrons. The van der Waals surface area contributed by atoms with Crippen LogP contribution in [-0.4, -0.2) is 34.1 Å². The normalized spacial score (nSPS) is 10.7. The van der Waals surface area contributed by atoms with E-state index in [0.29, 0.717) is 21.8 Å². The van der Waals surface area contributed by atoms with Crippen molar-refractivity contribution in [1.82, 2.24) is 9.97 Å². The third kappa shape index (κ3) is 4.89. The van der Waals surface area contributed by atoms with E-state index in [2.05, 4.69) is 9.97 Å². The number of halogens is 1. The van der Waals surface area contributed by atoms with Crippen molar-refractivity contribution in [2.75, 3.05) is 12.4 Å². The van der Waals surface area contributed by atoms with E-state index in [0.717, 1.165) is 17.3 Å². The summed E-state index contributed by atoms with van der Waals surface area (Å²) in [5.74, 6) is -0.696. The van der Waals surface area contributed by atoms with Crippen molar-refractivity contribution in [3.63, 3.8) is 0 Å². The van der Waals surface area contributed by atoms with Crippen LogP contribution in [0.3, 0.4) is 0 Å². The van der Waals surface area contributed by atoms with Gasteiger partial charge in [-0.05, 0) is 25.1 Å². The molecular weight excluding hydrogens is 367 g/mol. The molecule has 0 N–H and O–H groups in total. The summed E-state index contributed by atoms with van der Waals surface area (Å²) in [7, 11) is 0. The number of carbonyl (C=O) groups is 2. The first-order valence-electron chi connectivity index (χ1n) is 8.39. The molecule has 27 heavy (non-hydrogen) atoms. The molecule has 0 fully saturated rings. The number of rotatable bonds is 7. The lowest BCUT2D eigenvalue weighted by molar-refractivity contribution is -0.145. The average molecular weight is 384 g/mol. The lowest BCUT2D eigenvalue weighted by atomic mass is 10.2. The zero-order chi connectivity index (χ0) is 19.2. The number of ether oxygens (including phenoxy) is 1. The van der Waals surface area contributed by atoms with Crippen LogP contribution in [0.2, 0.25) is 0 Å². The number of benzene rings is 2. The van der Waals surface area contributed by atoms with Gasteiger partial charge >= 0.3 is 5.97 Å². The van der Waals surface area contributed by atoms with Crippen LogP contribution >= 0.6 is 11.8 Å². The Morgan fingerprint density at radius 3 is 2.63 bits per heavy atom. The van der Waals surface area contributed by atoms with Gasteiger partial charge in [-0.15, -0.1) is 0 Å². The van der Waals surface area contributed by atoms with E-state index in [-0.39, 0.29) is 24.6 Å². The van der Waals surface area contributed by atoms with Gasteiger partial charge in [-0.25, -0.2) is 14.4 Å². The molecule has 0 aliphatic rings. The second-order valence-electron chi connectivity index (χ2n) is 5.69. The second kappa shape index (κ2) is 8.73. The van der Waals surface area contributed by atoms with E-state index in [1.165, 1.54) is 12.1 Å².